The Morgan fingerprint density at radius 2 is 2.07 bits per heavy atom. The van der Waals surface area contributed by atoms with Gasteiger partial charge in [0, 0.05) is 36.7 Å². The van der Waals surface area contributed by atoms with E-state index in [0.29, 0.717) is 18.7 Å². The lowest BCUT2D eigenvalue weighted by Crippen LogP contribution is -2.43. The minimum Gasteiger partial charge on any atom is -0.372 e. The number of aromatic nitrogens is 4. The molecule has 1 atom stereocenters. The van der Waals surface area contributed by atoms with Gasteiger partial charge in [-0.3, -0.25) is 14.3 Å². The third kappa shape index (κ3) is 4.20. The number of carbonyl (C=O) groups is 1. The molecule has 1 unspecified atom stereocenters. The van der Waals surface area contributed by atoms with E-state index >= 15 is 0 Å². The minimum atomic E-state index is 0.0274. The molecule has 1 saturated heterocycles. The van der Waals surface area contributed by atoms with Crippen LogP contribution in [0.2, 0.25) is 0 Å². The number of rotatable bonds is 5. The number of benzene rings is 1. The van der Waals surface area contributed by atoms with Crippen molar-refractivity contribution in [1.29, 1.82) is 0 Å². The zero-order valence-corrected chi connectivity index (χ0v) is 14.9. The summed E-state index contributed by atoms with van der Waals surface area (Å²) in [6, 6.07) is 11.4. The topological polar surface area (TPSA) is 73.1 Å². The van der Waals surface area contributed by atoms with Crippen molar-refractivity contribution in [2.75, 3.05) is 13.1 Å². The first-order valence-electron chi connectivity index (χ1n) is 9.04. The molecular weight excluding hydrogens is 342 g/mol. The molecule has 0 bridgehead atoms. The largest absolute Gasteiger partial charge is 0.372 e. The van der Waals surface area contributed by atoms with Crippen molar-refractivity contribution in [3.8, 4) is 5.69 Å². The Balaban J connectivity index is 1.40. The molecule has 0 aliphatic carbocycles. The Bertz CT molecular complexity index is 882. The monoisotopic (exact) mass is 363 g/mol. The molecule has 1 aromatic carbocycles. The second-order valence-electron chi connectivity index (χ2n) is 6.61. The summed E-state index contributed by atoms with van der Waals surface area (Å²) in [6.07, 6.45) is 8.74. The van der Waals surface area contributed by atoms with E-state index in [-0.39, 0.29) is 12.0 Å². The zero-order valence-electron chi connectivity index (χ0n) is 14.9. The van der Waals surface area contributed by atoms with Crippen molar-refractivity contribution in [3.05, 3.63) is 72.6 Å². The molecule has 1 fully saturated rings. The molecule has 27 heavy (non-hydrogen) atoms. The summed E-state index contributed by atoms with van der Waals surface area (Å²) in [4.78, 5) is 18.9. The number of carbonyl (C=O) groups excluding carboxylic acids is 1. The summed E-state index contributed by atoms with van der Waals surface area (Å²) >= 11 is 0. The van der Waals surface area contributed by atoms with Crippen molar-refractivity contribution in [2.45, 2.75) is 25.6 Å². The van der Waals surface area contributed by atoms with Gasteiger partial charge in [-0.1, -0.05) is 12.1 Å². The van der Waals surface area contributed by atoms with Crippen LogP contribution in [0, 0.1) is 0 Å². The van der Waals surface area contributed by atoms with Gasteiger partial charge in [-0.05, 0) is 42.7 Å². The molecule has 1 amide bonds. The summed E-state index contributed by atoms with van der Waals surface area (Å²) in [7, 11) is 0. The van der Waals surface area contributed by atoms with E-state index in [9.17, 15) is 4.79 Å². The lowest BCUT2D eigenvalue weighted by Gasteiger charge is -2.32. The van der Waals surface area contributed by atoms with Crippen LogP contribution >= 0.6 is 0 Å². The van der Waals surface area contributed by atoms with Gasteiger partial charge in [0.2, 0.25) is 0 Å². The molecule has 0 spiro atoms. The number of ether oxygens (including phenoxy) is 1. The number of pyridine rings is 1. The van der Waals surface area contributed by atoms with Crippen molar-refractivity contribution in [2.24, 2.45) is 0 Å². The molecular formula is C20H21N5O2. The van der Waals surface area contributed by atoms with E-state index < -0.39 is 0 Å². The zero-order chi connectivity index (χ0) is 18.5. The number of hydrogen-bond donors (Lipinski definition) is 0. The second kappa shape index (κ2) is 8.09. The average molecular weight is 363 g/mol. The molecule has 7 heteroatoms. The van der Waals surface area contributed by atoms with Crippen molar-refractivity contribution in [1.82, 2.24) is 24.6 Å². The summed E-state index contributed by atoms with van der Waals surface area (Å²) in [6.45, 7) is 1.88. The number of nitrogens with zero attached hydrogens (tertiary/aromatic N) is 5. The van der Waals surface area contributed by atoms with Gasteiger partial charge >= 0.3 is 0 Å². The van der Waals surface area contributed by atoms with Crippen LogP contribution in [-0.4, -0.2) is 49.7 Å². The summed E-state index contributed by atoms with van der Waals surface area (Å²) in [5, 5.41) is 7.63. The predicted molar refractivity (Wildman–Crippen MR) is 99.3 cm³/mol. The molecule has 7 nitrogen and oxygen atoms in total. The highest BCUT2D eigenvalue weighted by Crippen LogP contribution is 2.19. The smallest absolute Gasteiger partial charge is 0.254 e. The third-order valence-corrected chi connectivity index (χ3v) is 4.68. The molecule has 3 heterocycles. The minimum absolute atomic E-state index is 0.0274. The summed E-state index contributed by atoms with van der Waals surface area (Å²) in [5.74, 6) is 0.0274. The van der Waals surface area contributed by atoms with E-state index in [1.807, 2.05) is 47.5 Å². The molecule has 138 valence electrons. The van der Waals surface area contributed by atoms with Crippen LogP contribution in [0.5, 0.6) is 0 Å². The number of hydrogen-bond acceptors (Lipinski definition) is 5. The first kappa shape index (κ1) is 17.4. The average Bonchev–Trinajstić information content (AvgIpc) is 3.28. The van der Waals surface area contributed by atoms with Crippen LogP contribution in [-0.2, 0) is 11.3 Å². The second-order valence-corrected chi connectivity index (χ2v) is 6.61. The molecule has 0 N–H and O–H groups in total. The molecule has 1 aliphatic heterocycles. The first-order chi connectivity index (χ1) is 13.3. The number of amides is 1. The maximum Gasteiger partial charge on any atom is 0.254 e. The SMILES string of the molecule is O=C(c1cccc(-n2cnnc2)c1)N1CCCC(OCc2cccnc2)C1. The van der Waals surface area contributed by atoms with Crippen LogP contribution < -0.4 is 0 Å². The fourth-order valence-electron chi connectivity index (χ4n) is 3.27. The quantitative estimate of drug-likeness (QED) is 0.696. The van der Waals surface area contributed by atoms with E-state index in [1.54, 1.807) is 23.4 Å². The highest BCUT2D eigenvalue weighted by Gasteiger charge is 2.25. The van der Waals surface area contributed by atoms with Crippen LogP contribution in [0.3, 0.4) is 0 Å². The van der Waals surface area contributed by atoms with Crippen LogP contribution in [0.25, 0.3) is 5.69 Å². The Kier molecular flexibility index (Phi) is 5.20. The Labute approximate surface area is 157 Å². The summed E-state index contributed by atoms with van der Waals surface area (Å²) in [5.41, 5.74) is 2.57. The van der Waals surface area contributed by atoms with Gasteiger partial charge in [-0.25, -0.2) is 0 Å². The Morgan fingerprint density at radius 1 is 1.19 bits per heavy atom. The van der Waals surface area contributed by atoms with Gasteiger partial charge in [0.15, 0.2) is 0 Å². The van der Waals surface area contributed by atoms with Gasteiger partial charge in [0.05, 0.1) is 12.7 Å². The highest BCUT2D eigenvalue weighted by atomic mass is 16.5. The lowest BCUT2D eigenvalue weighted by atomic mass is 10.1. The van der Waals surface area contributed by atoms with Crippen molar-refractivity contribution in [3.63, 3.8) is 0 Å². The van der Waals surface area contributed by atoms with E-state index in [4.69, 9.17) is 4.74 Å². The van der Waals surface area contributed by atoms with Gasteiger partial charge in [-0.15, -0.1) is 10.2 Å². The Morgan fingerprint density at radius 3 is 2.89 bits per heavy atom. The van der Waals surface area contributed by atoms with E-state index in [0.717, 1.165) is 30.6 Å². The fraction of sp³-hybridized carbons (Fsp3) is 0.300. The highest BCUT2D eigenvalue weighted by molar-refractivity contribution is 5.94. The van der Waals surface area contributed by atoms with Gasteiger partial charge in [-0.2, -0.15) is 0 Å². The standard InChI is InChI=1S/C20H21N5O2/c26-20(17-5-1-6-18(10-17)25-14-22-23-15-25)24-9-3-7-19(12-24)27-13-16-4-2-8-21-11-16/h1-2,4-6,8,10-11,14-15,19H,3,7,9,12-13H2. The third-order valence-electron chi connectivity index (χ3n) is 4.68. The number of piperidine rings is 1. The van der Waals surface area contributed by atoms with Gasteiger partial charge in [0.25, 0.3) is 5.91 Å². The van der Waals surface area contributed by atoms with E-state index in [1.165, 1.54) is 0 Å². The lowest BCUT2D eigenvalue weighted by molar-refractivity contribution is -0.00681. The van der Waals surface area contributed by atoms with Crippen LogP contribution in [0.15, 0.2) is 61.4 Å². The molecule has 1 aliphatic rings. The first-order valence-corrected chi connectivity index (χ1v) is 9.04. The Hall–Kier alpha value is -3.06. The van der Waals surface area contributed by atoms with Crippen LogP contribution in [0.4, 0.5) is 0 Å². The molecule has 3 aromatic rings. The van der Waals surface area contributed by atoms with Crippen molar-refractivity contribution < 1.29 is 9.53 Å². The van der Waals surface area contributed by atoms with Crippen molar-refractivity contribution >= 4 is 5.91 Å². The molecule has 0 radical (unpaired) electrons. The molecule has 0 saturated carbocycles. The van der Waals surface area contributed by atoms with E-state index in [2.05, 4.69) is 15.2 Å². The maximum absolute atomic E-state index is 13.0. The normalized spacial score (nSPS) is 17.0. The number of likely N-dealkylation sites (tertiary alicyclic amines) is 1. The van der Waals surface area contributed by atoms with Gasteiger partial charge in [0.1, 0.15) is 12.7 Å². The molecule has 2 aromatic heterocycles. The summed E-state index contributed by atoms with van der Waals surface area (Å²) < 4.78 is 7.80. The fourth-order valence-corrected chi connectivity index (χ4v) is 3.27. The molecule has 4 rings (SSSR count). The predicted octanol–water partition coefficient (Wildman–Crippen LogP) is 2.48. The van der Waals surface area contributed by atoms with Crippen LogP contribution in [0.1, 0.15) is 28.8 Å². The maximum atomic E-state index is 13.0. The van der Waals surface area contributed by atoms with Gasteiger partial charge < -0.3 is 9.64 Å².